The highest BCUT2D eigenvalue weighted by Crippen LogP contribution is 2.10. The summed E-state index contributed by atoms with van der Waals surface area (Å²) in [7, 11) is 2.32. The molecule has 0 aliphatic carbocycles. The van der Waals surface area contributed by atoms with Crippen molar-refractivity contribution in [2.45, 2.75) is 0 Å². The number of carbonyl (C=O) groups excluding carboxylic acids is 1. The SMILES string of the molecule is COPC(=[N+]=[N-])C(=O)OC. The summed E-state index contributed by atoms with van der Waals surface area (Å²) >= 11 is 0. The van der Waals surface area contributed by atoms with Crippen LogP contribution in [0.5, 0.6) is 0 Å². The minimum Gasteiger partial charge on any atom is -0.460 e. The second-order valence-electron chi connectivity index (χ2n) is 1.25. The number of ether oxygens (including phenoxy) is 1. The van der Waals surface area contributed by atoms with Gasteiger partial charge in [0.15, 0.2) is 0 Å². The number of esters is 1. The van der Waals surface area contributed by atoms with Gasteiger partial charge in [-0.1, -0.05) is 0 Å². The van der Waals surface area contributed by atoms with Crippen LogP contribution in [0, 0.1) is 0 Å². The molecule has 0 saturated carbocycles. The third-order valence-corrected chi connectivity index (χ3v) is 1.38. The average Bonchev–Trinajstić information content (AvgIpc) is 1.99. The smallest absolute Gasteiger partial charge is 0.423 e. The zero-order valence-electron chi connectivity index (χ0n) is 5.62. The van der Waals surface area contributed by atoms with Crippen molar-refractivity contribution in [2.24, 2.45) is 0 Å². The molecule has 0 radical (unpaired) electrons. The van der Waals surface area contributed by atoms with E-state index in [1.165, 1.54) is 14.2 Å². The van der Waals surface area contributed by atoms with E-state index < -0.39 is 5.97 Å². The fourth-order valence-electron chi connectivity index (χ4n) is 0.296. The Morgan fingerprint density at radius 1 is 1.60 bits per heavy atom. The first-order valence-electron chi connectivity index (χ1n) is 2.35. The van der Waals surface area contributed by atoms with Crippen LogP contribution in [0.2, 0.25) is 0 Å². The van der Waals surface area contributed by atoms with Crippen LogP contribution >= 0.6 is 8.81 Å². The Labute approximate surface area is 59.8 Å². The summed E-state index contributed by atoms with van der Waals surface area (Å²) in [5.41, 5.74) is 8.05. The topological polar surface area (TPSA) is 71.9 Å². The largest absolute Gasteiger partial charge is 0.460 e. The lowest BCUT2D eigenvalue weighted by molar-refractivity contribution is -0.136. The van der Waals surface area contributed by atoms with E-state index in [1.807, 2.05) is 0 Å². The summed E-state index contributed by atoms with van der Waals surface area (Å²) in [5, 5.41) is 0. The Kier molecular flexibility index (Phi) is 4.67. The number of rotatable bonds is 3. The molecule has 0 aromatic rings. The molecule has 0 amide bonds. The van der Waals surface area contributed by atoms with Gasteiger partial charge < -0.3 is 14.8 Å². The summed E-state index contributed by atoms with van der Waals surface area (Å²) in [6.07, 6.45) is 0. The average molecular weight is 162 g/mol. The van der Waals surface area contributed by atoms with E-state index in [1.54, 1.807) is 0 Å². The lowest BCUT2D eigenvalue weighted by Gasteiger charge is -1.90. The van der Waals surface area contributed by atoms with E-state index >= 15 is 0 Å². The molecule has 10 heavy (non-hydrogen) atoms. The predicted octanol–water partition coefficient (Wildman–Crippen LogP) is 0.0276. The van der Waals surface area contributed by atoms with Crippen LogP contribution in [0.25, 0.3) is 5.53 Å². The first-order valence-corrected chi connectivity index (χ1v) is 3.26. The molecular formula is C4H7N2O3P. The molecular weight excluding hydrogens is 155 g/mol. The van der Waals surface area contributed by atoms with Crippen molar-refractivity contribution >= 4 is 20.2 Å². The monoisotopic (exact) mass is 162 g/mol. The summed E-state index contributed by atoms with van der Waals surface area (Å²) in [5.74, 6) is -0.678. The molecule has 0 spiro atoms. The van der Waals surface area contributed by atoms with Gasteiger partial charge in [-0.25, -0.2) is 4.79 Å². The summed E-state index contributed by atoms with van der Waals surface area (Å²) in [6.45, 7) is 0. The number of carbonyl (C=O) groups is 1. The van der Waals surface area contributed by atoms with Crippen molar-refractivity contribution < 1.29 is 18.8 Å². The van der Waals surface area contributed by atoms with Gasteiger partial charge in [0.2, 0.25) is 0 Å². The maximum absolute atomic E-state index is 10.5. The highest BCUT2D eigenvalue weighted by molar-refractivity contribution is 7.57. The van der Waals surface area contributed by atoms with Crippen molar-refractivity contribution in [1.82, 2.24) is 0 Å². The highest BCUT2D eigenvalue weighted by atomic mass is 31.1. The van der Waals surface area contributed by atoms with E-state index in [4.69, 9.17) is 5.53 Å². The molecule has 0 heterocycles. The molecule has 0 aliphatic heterocycles. The maximum Gasteiger partial charge on any atom is 0.423 e. The number of nitrogens with zero attached hydrogens (tertiary/aromatic N) is 2. The third kappa shape index (κ3) is 2.69. The van der Waals surface area contributed by atoms with Crippen LogP contribution in [0.1, 0.15) is 0 Å². The lowest BCUT2D eigenvalue weighted by Crippen LogP contribution is -2.11. The van der Waals surface area contributed by atoms with Gasteiger partial charge >= 0.3 is 11.4 Å². The van der Waals surface area contributed by atoms with Crippen LogP contribution < -0.4 is 0 Å². The van der Waals surface area contributed by atoms with E-state index in [0.29, 0.717) is 0 Å². The number of hydrogen-bond donors (Lipinski definition) is 0. The number of methoxy groups -OCH3 is 1. The molecule has 0 saturated heterocycles. The minimum atomic E-state index is -0.678. The normalized spacial score (nSPS) is 9.40. The second-order valence-corrected chi connectivity index (χ2v) is 2.33. The summed E-state index contributed by atoms with van der Waals surface area (Å²) < 4.78 is 8.81. The Morgan fingerprint density at radius 2 is 2.20 bits per heavy atom. The van der Waals surface area contributed by atoms with Crippen LogP contribution in [0.3, 0.4) is 0 Å². The van der Waals surface area contributed by atoms with E-state index in [2.05, 4.69) is 14.1 Å². The van der Waals surface area contributed by atoms with Gasteiger partial charge in [-0.2, -0.15) is 4.79 Å². The van der Waals surface area contributed by atoms with Gasteiger partial charge in [-0.3, -0.25) is 0 Å². The minimum absolute atomic E-state index is 0.120. The fourth-order valence-corrected chi connectivity index (χ4v) is 0.716. The molecule has 0 aromatic carbocycles. The van der Waals surface area contributed by atoms with Gasteiger partial charge in [-0.15, -0.1) is 0 Å². The van der Waals surface area contributed by atoms with Gasteiger partial charge in [0.1, 0.15) is 8.81 Å². The summed E-state index contributed by atoms with van der Waals surface area (Å²) in [6, 6.07) is 0. The van der Waals surface area contributed by atoms with E-state index in [-0.39, 0.29) is 14.3 Å². The van der Waals surface area contributed by atoms with Crippen molar-refractivity contribution in [3.05, 3.63) is 5.53 Å². The standard InChI is InChI=1S/C4H7N2O3P/c1-8-4(7)3(6-5)10-9-2/h10H,1-2H3. The molecule has 6 heteroatoms. The van der Waals surface area contributed by atoms with Gasteiger partial charge in [0.25, 0.3) is 0 Å². The van der Waals surface area contributed by atoms with Gasteiger partial charge in [0, 0.05) is 7.11 Å². The predicted molar refractivity (Wildman–Crippen MR) is 36.0 cm³/mol. The van der Waals surface area contributed by atoms with Crippen molar-refractivity contribution in [3.8, 4) is 0 Å². The van der Waals surface area contributed by atoms with Gasteiger partial charge in [-0.05, 0) is 0 Å². The molecule has 1 atom stereocenters. The lowest BCUT2D eigenvalue weighted by atomic mass is 10.7. The molecule has 56 valence electrons. The van der Waals surface area contributed by atoms with Crippen LogP contribution in [0.4, 0.5) is 0 Å². The number of hydrogen-bond acceptors (Lipinski definition) is 3. The van der Waals surface area contributed by atoms with Crippen molar-refractivity contribution in [3.63, 3.8) is 0 Å². The Hall–Kier alpha value is -0.760. The van der Waals surface area contributed by atoms with Gasteiger partial charge in [0.05, 0.1) is 7.11 Å². The molecule has 0 fully saturated rings. The molecule has 0 aromatic heterocycles. The second kappa shape index (κ2) is 5.06. The van der Waals surface area contributed by atoms with Crippen LogP contribution in [0.15, 0.2) is 0 Å². The quantitative estimate of drug-likeness (QED) is 0.193. The molecule has 0 bridgehead atoms. The zero-order valence-corrected chi connectivity index (χ0v) is 6.62. The molecule has 1 unspecified atom stereocenters. The molecule has 5 nitrogen and oxygen atoms in total. The zero-order chi connectivity index (χ0) is 7.98. The van der Waals surface area contributed by atoms with Crippen molar-refractivity contribution in [2.75, 3.05) is 14.2 Å². The third-order valence-electron chi connectivity index (χ3n) is 0.677. The first-order chi connectivity index (χ1) is 4.76. The fraction of sp³-hybridized carbons (Fsp3) is 0.500. The Bertz CT molecular complexity index is 175. The first kappa shape index (κ1) is 9.24. The molecule has 0 rings (SSSR count). The van der Waals surface area contributed by atoms with Crippen molar-refractivity contribution in [1.29, 1.82) is 0 Å². The Morgan fingerprint density at radius 3 is 2.50 bits per heavy atom. The van der Waals surface area contributed by atoms with E-state index in [9.17, 15) is 4.79 Å². The summed E-state index contributed by atoms with van der Waals surface area (Å²) in [4.78, 5) is 13.2. The van der Waals surface area contributed by atoms with Crippen LogP contribution in [-0.4, -0.2) is 30.4 Å². The van der Waals surface area contributed by atoms with Crippen LogP contribution in [-0.2, 0) is 14.1 Å². The maximum atomic E-state index is 10.5. The van der Waals surface area contributed by atoms with E-state index in [0.717, 1.165) is 0 Å². The Balaban J connectivity index is 4.09. The highest BCUT2D eigenvalue weighted by Gasteiger charge is 2.20. The molecule has 0 aliphatic rings. The molecule has 0 N–H and O–H groups in total.